The number of rotatable bonds is 7. The number of nitrogen functional groups attached to an aromatic ring is 1. The molecule has 0 heterocycles. The molecule has 1 aromatic rings. The van der Waals surface area contributed by atoms with E-state index in [1.54, 1.807) is 12.1 Å². The molecule has 21 heavy (non-hydrogen) atoms. The molecule has 3 N–H and O–H groups in total. The Balaban J connectivity index is 2.73. The summed E-state index contributed by atoms with van der Waals surface area (Å²) in [5.74, 6) is 0. The van der Waals surface area contributed by atoms with E-state index in [-0.39, 0.29) is 10.6 Å². The van der Waals surface area contributed by atoms with Crippen molar-refractivity contribution in [2.75, 3.05) is 18.8 Å². The largest absolute Gasteiger partial charge is 0.398 e. The molecule has 0 radical (unpaired) electrons. The lowest BCUT2D eigenvalue weighted by Crippen LogP contribution is -2.42. The molecule has 0 unspecified atom stereocenters. The van der Waals surface area contributed by atoms with Gasteiger partial charge in [0.25, 0.3) is 0 Å². The van der Waals surface area contributed by atoms with Gasteiger partial charge in [0.15, 0.2) is 0 Å². The van der Waals surface area contributed by atoms with Gasteiger partial charge in [0.2, 0.25) is 10.0 Å². The topological polar surface area (TPSA) is 75.4 Å². The van der Waals surface area contributed by atoms with Crippen molar-refractivity contribution in [3.63, 3.8) is 0 Å². The minimum atomic E-state index is -3.58. The molecule has 0 aliphatic heterocycles. The van der Waals surface area contributed by atoms with Crippen molar-refractivity contribution in [2.45, 2.75) is 44.7 Å². The van der Waals surface area contributed by atoms with E-state index in [2.05, 4.69) is 53.2 Å². The van der Waals surface area contributed by atoms with E-state index in [1.807, 2.05) is 0 Å². The maximum Gasteiger partial charge on any atom is 0.242 e. The summed E-state index contributed by atoms with van der Waals surface area (Å²) < 4.78 is 27.9. The maximum atomic E-state index is 12.3. The number of benzene rings is 1. The Kier molecular flexibility index (Phi) is 6.65. The van der Waals surface area contributed by atoms with Crippen molar-refractivity contribution in [3.8, 4) is 0 Å². The molecule has 0 bridgehead atoms. The van der Waals surface area contributed by atoms with Crippen LogP contribution >= 0.6 is 15.9 Å². The molecule has 120 valence electrons. The fourth-order valence-corrected chi connectivity index (χ4v) is 3.77. The van der Waals surface area contributed by atoms with Crippen LogP contribution in [0, 0.1) is 0 Å². The highest BCUT2D eigenvalue weighted by Gasteiger charge is 2.19. The third-order valence-electron chi connectivity index (χ3n) is 3.25. The highest BCUT2D eigenvalue weighted by Crippen LogP contribution is 2.22. The van der Waals surface area contributed by atoms with Crippen molar-refractivity contribution < 1.29 is 8.42 Å². The molecular formula is C14H24BrN3O2S. The van der Waals surface area contributed by atoms with Crippen LogP contribution in [0.25, 0.3) is 0 Å². The van der Waals surface area contributed by atoms with E-state index < -0.39 is 10.0 Å². The van der Waals surface area contributed by atoms with Crippen molar-refractivity contribution in [3.05, 3.63) is 22.7 Å². The lowest BCUT2D eigenvalue weighted by Gasteiger charge is -2.30. The van der Waals surface area contributed by atoms with Gasteiger partial charge in [-0.25, -0.2) is 13.1 Å². The number of hydrogen-bond acceptors (Lipinski definition) is 4. The normalized spacial score (nSPS) is 12.6. The monoisotopic (exact) mass is 377 g/mol. The number of sulfonamides is 1. The van der Waals surface area contributed by atoms with Crippen LogP contribution in [0.5, 0.6) is 0 Å². The SMILES string of the molecule is CC(C)N(CCNS(=O)(=O)c1ccc(Br)cc1N)C(C)C. The van der Waals surface area contributed by atoms with Gasteiger partial charge in [-0.3, -0.25) is 4.90 Å². The van der Waals surface area contributed by atoms with Crippen molar-refractivity contribution in [2.24, 2.45) is 0 Å². The van der Waals surface area contributed by atoms with Gasteiger partial charge in [0, 0.05) is 29.6 Å². The lowest BCUT2D eigenvalue weighted by atomic mass is 10.2. The fraction of sp³-hybridized carbons (Fsp3) is 0.571. The average Bonchev–Trinajstić information content (AvgIpc) is 2.33. The van der Waals surface area contributed by atoms with E-state index in [1.165, 1.54) is 6.07 Å². The zero-order chi connectivity index (χ0) is 16.2. The van der Waals surface area contributed by atoms with Crippen LogP contribution in [0.1, 0.15) is 27.7 Å². The Hall–Kier alpha value is -0.630. The van der Waals surface area contributed by atoms with Gasteiger partial charge >= 0.3 is 0 Å². The van der Waals surface area contributed by atoms with Crippen LogP contribution in [0.4, 0.5) is 5.69 Å². The van der Waals surface area contributed by atoms with E-state index >= 15 is 0 Å². The predicted octanol–water partition coefficient (Wildman–Crippen LogP) is 2.43. The summed E-state index contributed by atoms with van der Waals surface area (Å²) in [4.78, 5) is 2.35. The predicted molar refractivity (Wildman–Crippen MR) is 90.7 cm³/mol. The van der Waals surface area contributed by atoms with Crippen molar-refractivity contribution in [1.29, 1.82) is 0 Å². The first-order valence-corrected chi connectivity index (χ1v) is 9.23. The Bertz CT molecular complexity index is 566. The minimum absolute atomic E-state index is 0.117. The molecule has 0 aliphatic carbocycles. The Morgan fingerprint density at radius 3 is 2.29 bits per heavy atom. The van der Waals surface area contributed by atoms with Crippen LogP contribution < -0.4 is 10.5 Å². The van der Waals surface area contributed by atoms with Crippen LogP contribution in [-0.4, -0.2) is 38.5 Å². The number of hydrogen-bond donors (Lipinski definition) is 2. The number of nitrogens with one attached hydrogen (secondary N) is 1. The summed E-state index contributed by atoms with van der Waals surface area (Å²) >= 11 is 3.26. The average molecular weight is 378 g/mol. The summed E-state index contributed by atoms with van der Waals surface area (Å²) in [7, 11) is -3.58. The van der Waals surface area contributed by atoms with Gasteiger partial charge in [-0.2, -0.15) is 0 Å². The number of anilines is 1. The zero-order valence-electron chi connectivity index (χ0n) is 12.9. The Morgan fingerprint density at radius 2 is 1.81 bits per heavy atom. The van der Waals surface area contributed by atoms with Gasteiger partial charge in [-0.15, -0.1) is 0 Å². The van der Waals surface area contributed by atoms with Gasteiger partial charge < -0.3 is 5.73 Å². The molecule has 0 fully saturated rings. The first kappa shape index (κ1) is 18.4. The van der Waals surface area contributed by atoms with E-state index in [4.69, 9.17) is 5.73 Å². The van der Waals surface area contributed by atoms with Gasteiger partial charge in [-0.1, -0.05) is 15.9 Å². The smallest absolute Gasteiger partial charge is 0.242 e. The third-order valence-corrected chi connectivity index (χ3v) is 5.28. The first-order valence-electron chi connectivity index (χ1n) is 6.95. The molecule has 1 aromatic carbocycles. The molecule has 0 saturated heterocycles. The highest BCUT2D eigenvalue weighted by molar-refractivity contribution is 9.10. The molecule has 0 atom stereocenters. The van der Waals surface area contributed by atoms with Crippen LogP contribution in [0.3, 0.4) is 0 Å². The molecule has 5 nitrogen and oxygen atoms in total. The number of nitrogens with zero attached hydrogens (tertiary/aromatic N) is 1. The standard InChI is InChI=1S/C14H24BrN3O2S/c1-10(2)18(11(3)4)8-7-17-21(19,20)14-6-5-12(15)9-13(14)16/h5-6,9-11,17H,7-8,16H2,1-4H3. The summed E-state index contributed by atoms with van der Waals surface area (Å²) in [5, 5.41) is 0. The minimum Gasteiger partial charge on any atom is -0.398 e. The second kappa shape index (κ2) is 7.58. The Morgan fingerprint density at radius 1 is 1.24 bits per heavy atom. The summed E-state index contributed by atoms with van der Waals surface area (Å²) in [6.45, 7) is 9.41. The van der Waals surface area contributed by atoms with Gasteiger partial charge in [-0.05, 0) is 45.9 Å². The molecule has 0 aromatic heterocycles. The van der Waals surface area contributed by atoms with Gasteiger partial charge in [0.05, 0.1) is 5.69 Å². The lowest BCUT2D eigenvalue weighted by molar-refractivity contribution is 0.179. The molecule has 1 rings (SSSR count). The molecule has 0 spiro atoms. The molecule has 0 saturated carbocycles. The summed E-state index contributed by atoms with van der Waals surface area (Å²) in [6, 6.07) is 5.49. The van der Waals surface area contributed by atoms with Crippen LogP contribution in [0.15, 0.2) is 27.6 Å². The Labute approximate surface area is 136 Å². The second-order valence-corrected chi connectivity index (χ2v) is 8.16. The summed E-state index contributed by atoms with van der Waals surface area (Å²) in [5.41, 5.74) is 6.01. The molecular weight excluding hydrogens is 354 g/mol. The number of nitrogens with two attached hydrogens (primary N) is 1. The van der Waals surface area contributed by atoms with Gasteiger partial charge in [0.1, 0.15) is 4.90 Å². The second-order valence-electron chi connectivity index (χ2n) is 5.51. The van der Waals surface area contributed by atoms with E-state index in [0.29, 0.717) is 25.2 Å². The highest BCUT2D eigenvalue weighted by atomic mass is 79.9. The van der Waals surface area contributed by atoms with Crippen LogP contribution in [0.2, 0.25) is 0 Å². The third kappa shape index (κ3) is 5.25. The fourth-order valence-electron chi connectivity index (χ4n) is 2.26. The molecule has 0 aliphatic rings. The van der Waals surface area contributed by atoms with Crippen molar-refractivity contribution in [1.82, 2.24) is 9.62 Å². The number of halogens is 1. The molecule has 7 heteroatoms. The molecule has 0 amide bonds. The first-order chi connectivity index (χ1) is 9.65. The quantitative estimate of drug-likeness (QED) is 0.715. The summed E-state index contributed by atoms with van der Waals surface area (Å²) in [6.07, 6.45) is 0. The maximum absolute atomic E-state index is 12.3. The van der Waals surface area contributed by atoms with E-state index in [9.17, 15) is 8.42 Å². The van der Waals surface area contributed by atoms with E-state index in [0.717, 1.165) is 4.47 Å². The van der Waals surface area contributed by atoms with Crippen LogP contribution in [-0.2, 0) is 10.0 Å². The van der Waals surface area contributed by atoms with Crippen molar-refractivity contribution >= 4 is 31.6 Å². The zero-order valence-corrected chi connectivity index (χ0v) is 15.3.